The third kappa shape index (κ3) is 3.54. The fourth-order valence-corrected chi connectivity index (χ4v) is 2.11. The van der Waals surface area contributed by atoms with Crippen LogP contribution in [-0.4, -0.2) is 6.67 Å². The first-order chi connectivity index (χ1) is 6.74. The van der Waals surface area contributed by atoms with Gasteiger partial charge in [0.15, 0.2) is 0 Å². The summed E-state index contributed by atoms with van der Waals surface area (Å²) in [6.07, 6.45) is 8.83. The van der Waals surface area contributed by atoms with Crippen LogP contribution in [0.4, 0.5) is 0 Å². The molecule has 0 aromatic rings. The molecule has 0 radical (unpaired) electrons. The van der Waals surface area contributed by atoms with Gasteiger partial charge in [-0.05, 0) is 31.8 Å². The number of hydrogen-bond acceptors (Lipinski definition) is 2. The fraction of sp³-hybridized carbons (Fsp3) is 0.667. The predicted octanol–water partition coefficient (Wildman–Crippen LogP) is 2.53. The average Bonchev–Trinajstić information content (AvgIpc) is 2.18. The van der Waals surface area contributed by atoms with Crippen LogP contribution < -0.4 is 11.1 Å². The average molecular weight is 194 g/mol. The summed E-state index contributed by atoms with van der Waals surface area (Å²) in [7, 11) is 0. The first-order valence-corrected chi connectivity index (χ1v) is 5.55. The molecular formula is C12H22N2. The van der Waals surface area contributed by atoms with Gasteiger partial charge in [0.05, 0.1) is 6.67 Å². The number of nitrogens with two attached hydrogens (primary N) is 1. The summed E-state index contributed by atoms with van der Waals surface area (Å²) in [5.41, 5.74) is 7.92. The molecule has 0 aliphatic heterocycles. The zero-order valence-corrected chi connectivity index (χ0v) is 9.18. The van der Waals surface area contributed by atoms with Crippen LogP contribution in [0.1, 0.15) is 39.0 Å². The molecule has 1 aliphatic rings. The third-order valence-electron chi connectivity index (χ3n) is 2.75. The van der Waals surface area contributed by atoms with Gasteiger partial charge in [0.2, 0.25) is 0 Å². The molecule has 1 fully saturated rings. The highest BCUT2D eigenvalue weighted by Gasteiger charge is 2.16. The maximum absolute atomic E-state index is 5.53. The van der Waals surface area contributed by atoms with E-state index in [0.29, 0.717) is 12.6 Å². The molecule has 14 heavy (non-hydrogen) atoms. The minimum absolute atomic E-state index is 0.523. The Morgan fingerprint density at radius 3 is 2.57 bits per heavy atom. The zero-order valence-electron chi connectivity index (χ0n) is 9.18. The standard InChI is InChI=1S/C12H22N2/c1-10(2)8-12(14-9-13)11-6-4-3-5-7-11/h8,11,14H,1,3-7,9,13H2,2H3/b12-8-. The maximum Gasteiger partial charge on any atom is 0.0625 e. The number of hydrogen-bond donors (Lipinski definition) is 2. The van der Waals surface area contributed by atoms with E-state index in [4.69, 9.17) is 5.73 Å². The van der Waals surface area contributed by atoms with E-state index < -0.39 is 0 Å². The first kappa shape index (κ1) is 11.3. The van der Waals surface area contributed by atoms with Crippen molar-refractivity contribution in [3.63, 3.8) is 0 Å². The second-order valence-electron chi connectivity index (χ2n) is 4.16. The second-order valence-corrected chi connectivity index (χ2v) is 4.16. The molecule has 0 aromatic carbocycles. The summed E-state index contributed by atoms with van der Waals surface area (Å²) in [4.78, 5) is 0. The van der Waals surface area contributed by atoms with E-state index in [0.717, 1.165) is 5.57 Å². The summed E-state index contributed by atoms with van der Waals surface area (Å²) in [6.45, 7) is 6.47. The summed E-state index contributed by atoms with van der Waals surface area (Å²) in [5, 5.41) is 3.26. The summed E-state index contributed by atoms with van der Waals surface area (Å²) >= 11 is 0. The van der Waals surface area contributed by atoms with Crippen molar-refractivity contribution >= 4 is 0 Å². The molecule has 0 atom stereocenters. The lowest BCUT2D eigenvalue weighted by atomic mass is 9.86. The van der Waals surface area contributed by atoms with E-state index in [1.807, 2.05) is 6.92 Å². The van der Waals surface area contributed by atoms with Gasteiger partial charge in [0, 0.05) is 5.70 Å². The lowest BCUT2D eigenvalue weighted by Gasteiger charge is -2.25. The smallest absolute Gasteiger partial charge is 0.0625 e. The molecule has 0 spiro atoms. The second kappa shape index (κ2) is 5.86. The van der Waals surface area contributed by atoms with Crippen LogP contribution in [-0.2, 0) is 0 Å². The molecule has 0 aromatic heterocycles. The van der Waals surface area contributed by atoms with Crippen molar-refractivity contribution in [2.45, 2.75) is 39.0 Å². The molecule has 1 aliphatic carbocycles. The highest BCUT2D eigenvalue weighted by molar-refractivity contribution is 5.19. The van der Waals surface area contributed by atoms with Gasteiger partial charge < -0.3 is 11.1 Å². The van der Waals surface area contributed by atoms with Gasteiger partial charge in [-0.2, -0.15) is 0 Å². The minimum atomic E-state index is 0.523. The van der Waals surface area contributed by atoms with Crippen molar-refractivity contribution < 1.29 is 0 Å². The topological polar surface area (TPSA) is 38.0 Å². The van der Waals surface area contributed by atoms with Gasteiger partial charge in [-0.15, -0.1) is 0 Å². The van der Waals surface area contributed by atoms with E-state index in [1.165, 1.54) is 37.8 Å². The molecule has 0 bridgehead atoms. The monoisotopic (exact) mass is 194 g/mol. The Morgan fingerprint density at radius 1 is 1.43 bits per heavy atom. The Balaban J connectivity index is 2.60. The normalized spacial score (nSPS) is 19.4. The van der Waals surface area contributed by atoms with Gasteiger partial charge in [-0.3, -0.25) is 0 Å². The molecule has 1 rings (SSSR count). The van der Waals surface area contributed by atoms with Crippen LogP contribution in [0.25, 0.3) is 0 Å². The van der Waals surface area contributed by atoms with E-state index in [1.54, 1.807) is 0 Å². The lowest BCUT2D eigenvalue weighted by Crippen LogP contribution is -2.27. The van der Waals surface area contributed by atoms with Crippen LogP contribution >= 0.6 is 0 Å². The number of allylic oxidation sites excluding steroid dienone is 3. The Kier molecular flexibility index (Phi) is 4.74. The van der Waals surface area contributed by atoms with Crippen LogP contribution in [0.5, 0.6) is 0 Å². The fourth-order valence-electron chi connectivity index (χ4n) is 2.11. The van der Waals surface area contributed by atoms with Gasteiger partial charge >= 0.3 is 0 Å². The van der Waals surface area contributed by atoms with E-state index in [2.05, 4.69) is 18.0 Å². The Morgan fingerprint density at radius 2 is 2.07 bits per heavy atom. The maximum atomic E-state index is 5.53. The Bertz CT molecular complexity index is 212. The van der Waals surface area contributed by atoms with Crippen molar-refractivity contribution in [3.05, 3.63) is 23.9 Å². The molecule has 1 saturated carbocycles. The highest BCUT2D eigenvalue weighted by atomic mass is 15.0. The van der Waals surface area contributed by atoms with Crippen LogP contribution in [0.15, 0.2) is 23.9 Å². The largest absolute Gasteiger partial charge is 0.376 e. The van der Waals surface area contributed by atoms with Crippen LogP contribution in [0.2, 0.25) is 0 Å². The molecule has 3 N–H and O–H groups in total. The zero-order chi connectivity index (χ0) is 10.4. The van der Waals surface area contributed by atoms with Crippen molar-refractivity contribution in [2.24, 2.45) is 11.7 Å². The predicted molar refractivity (Wildman–Crippen MR) is 61.7 cm³/mol. The SMILES string of the molecule is C=C(C)/C=C(\NCN)C1CCCCC1. The van der Waals surface area contributed by atoms with Crippen molar-refractivity contribution in [1.29, 1.82) is 0 Å². The molecule has 2 heteroatoms. The summed E-state index contributed by atoms with van der Waals surface area (Å²) < 4.78 is 0. The van der Waals surface area contributed by atoms with Gasteiger partial charge in [0.1, 0.15) is 0 Å². The molecule has 0 amide bonds. The van der Waals surface area contributed by atoms with Crippen molar-refractivity contribution in [3.8, 4) is 0 Å². The molecule has 0 saturated heterocycles. The van der Waals surface area contributed by atoms with Gasteiger partial charge in [-0.25, -0.2) is 0 Å². The Labute approximate surface area is 87.3 Å². The van der Waals surface area contributed by atoms with E-state index >= 15 is 0 Å². The number of rotatable bonds is 4. The molecule has 0 heterocycles. The van der Waals surface area contributed by atoms with Crippen molar-refractivity contribution in [1.82, 2.24) is 5.32 Å². The van der Waals surface area contributed by atoms with Gasteiger partial charge in [0.25, 0.3) is 0 Å². The molecule has 2 nitrogen and oxygen atoms in total. The number of nitrogens with one attached hydrogen (secondary N) is 1. The Hall–Kier alpha value is -0.760. The van der Waals surface area contributed by atoms with Crippen molar-refractivity contribution in [2.75, 3.05) is 6.67 Å². The lowest BCUT2D eigenvalue weighted by molar-refractivity contribution is 0.386. The molecule has 80 valence electrons. The quantitative estimate of drug-likeness (QED) is 0.533. The third-order valence-corrected chi connectivity index (χ3v) is 2.75. The van der Waals surface area contributed by atoms with E-state index in [-0.39, 0.29) is 0 Å². The minimum Gasteiger partial charge on any atom is -0.376 e. The molecule has 0 unspecified atom stereocenters. The first-order valence-electron chi connectivity index (χ1n) is 5.55. The van der Waals surface area contributed by atoms with E-state index in [9.17, 15) is 0 Å². The van der Waals surface area contributed by atoms with Crippen LogP contribution in [0.3, 0.4) is 0 Å². The van der Waals surface area contributed by atoms with Gasteiger partial charge in [-0.1, -0.05) is 31.4 Å². The summed E-state index contributed by atoms with van der Waals surface area (Å²) in [6, 6.07) is 0. The highest BCUT2D eigenvalue weighted by Crippen LogP contribution is 2.28. The molecular weight excluding hydrogens is 172 g/mol. The van der Waals surface area contributed by atoms with Crippen LogP contribution in [0, 0.1) is 5.92 Å². The summed E-state index contributed by atoms with van der Waals surface area (Å²) in [5.74, 6) is 0.684.